The van der Waals surface area contributed by atoms with Gasteiger partial charge in [-0.05, 0) is 30.4 Å². The van der Waals surface area contributed by atoms with Crippen LogP contribution >= 0.6 is 35.6 Å². The second-order valence-corrected chi connectivity index (χ2v) is 6.17. The summed E-state index contributed by atoms with van der Waals surface area (Å²) in [7, 11) is 1.73. The lowest BCUT2D eigenvalue weighted by Crippen LogP contribution is -2.47. The summed E-state index contributed by atoms with van der Waals surface area (Å²) < 4.78 is 5.30. The summed E-state index contributed by atoms with van der Waals surface area (Å²) in [5.41, 5.74) is 6.93. The molecule has 1 atom stereocenters. The highest BCUT2D eigenvalue weighted by atomic mass is 35.5. The lowest BCUT2D eigenvalue weighted by atomic mass is 9.91. The molecule has 0 aromatic heterocycles. The zero-order valence-electron chi connectivity index (χ0n) is 12.4. The first-order valence-corrected chi connectivity index (χ1v) is 7.77. The highest BCUT2D eigenvalue weighted by Crippen LogP contribution is 2.27. The Hall–Kier alpha value is -0.520. The Morgan fingerprint density at radius 1 is 1.41 bits per heavy atom. The zero-order chi connectivity index (χ0) is 15.4. The largest absolute Gasteiger partial charge is 0.381 e. The van der Waals surface area contributed by atoms with Crippen molar-refractivity contribution in [1.29, 1.82) is 0 Å². The van der Waals surface area contributed by atoms with Crippen LogP contribution in [-0.4, -0.2) is 37.1 Å². The van der Waals surface area contributed by atoms with Gasteiger partial charge in [-0.1, -0.05) is 35.3 Å². The van der Waals surface area contributed by atoms with Crippen molar-refractivity contribution in [1.82, 2.24) is 4.90 Å². The third-order valence-electron chi connectivity index (χ3n) is 3.87. The molecule has 1 heterocycles. The van der Waals surface area contributed by atoms with Crippen molar-refractivity contribution in [2.24, 2.45) is 11.7 Å². The highest BCUT2D eigenvalue weighted by molar-refractivity contribution is 6.42. The van der Waals surface area contributed by atoms with Gasteiger partial charge in [0.1, 0.15) is 0 Å². The fourth-order valence-corrected chi connectivity index (χ4v) is 2.91. The average Bonchev–Trinajstić information content (AvgIpc) is 2.51. The molecule has 22 heavy (non-hydrogen) atoms. The van der Waals surface area contributed by atoms with Gasteiger partial charge in [0, 0.05) is 26.8 Å². The van der Waals surface area contributed by atoms with Gasteiger partial charge < -0.3 is 15.4 Å². The number of amides is 1. The molecule has 0 aliphatic carbocycles. The molecule has 0 bridgehead atoms. The van der Waals surface area contributed by atoms with Crippen LogP contribution in [0, 0.1) is 5.92 Å². The Kier molecular flexibility index (Phi) is 7.94. The molecule has 0 saturated carbocycles. The summed E-state index contributed by atoms with van der Waals surface area (Å²) in [6, 6.07) is 4.91. The van der Waals surface area contributed by atoms with Crippen molar-refractivity contribution in [2.45, 2.75) is 25.4 Å². The van der Waals surface area contributed by atoms with Crippen LogP contribution in [-0.2, 0) is 16.1 Å². The van der Waals surface area contributed by atoms with Gasteiger partial charge in [-0.15, -0.1) is 12.4 Å². The molecule has 7 heteroatoms. The van der Waals surface area contributed by atoms with Crippen molar-refractivity contribution >= 4 is 41.5 Å². The standard InChI is InChI=1S/C15H20Cl2N2O2.ClH/c1-19(9-11-3-2-4-12(16)13(11)17)15(20)14(18)10-5-7-21-8-6-10;/h2-4,10,14H,5-9,18H2,1H3;1H. The maximum atomic E-state index is 12.4. The molecule has 4 nitrogen and oxygen atoms in total. The van der Waals surface area contributed by atoms with Crippen molar-refractivity contribution in [3.63, 3.8) is 0 Å². The van der Waals surface area contributed by atoms with E-state index in [1.807, 2.05) is 12.1 Å². The number of benzene rings is 1. The molecule has 1 fully saturated rings. The van der Waals surface area contributed by atoms with E-state index in [0.717, 1.165) is 18.4 Å². The average molecular weight is 368 g/mol. The number of halogens is 3. The van der Waals surface area contributed by atoms with E-state index in [2.05, 4.69) is 0 Å². The number of hydrogen-bond acceptors (Lipinski definition) is 3. The summed E-state index contributed by atoms with van der Waals surface area (Å²) >= 11 is 12.1. The molecule has 1 saturated heterocycles. The number of nitrogens with zero attached hydrogens (tertiary/aromatic N) is 1. The van der Waals surface area contributed by atoms with E-state index in [1.165, 1.54) is 0 Å². The molecule has 0 spiro atoms. The van der Waals surface area contributed by atoms with Crippen LogP contribution in [0.1, 0.15) is 18.4 Å². The van der Waals surface area contributed by atoms with Crippen molar-refractivity contribution in [3.8, 4) is 0 Å². The van der Waals surface area contributed by atoms with E-state index in [1.54, 1.807) is 18.0 Å². The minimum Gasteiger partial charge on any atom is -0.381 e. The van der Waals surface area contributed by atoms with Crippen LogP contribution < -0.4 is 5.73 Å². The van der Waals surface area contributed by atoms with Crippen LogP contribution in [0.3, 0.4) is 0 Å². The Morgan fingerprint density at radius 2 is 2.05 bits per heavy atom. The predicted molar refractivity (Wildman–Crippen MR) is 91.7 cm³/mol. The van der Waals surface area contributed by atoms with E-state index in [4.69, 9.17) is 33.7 Å². The predicted octanol–water partition coefficient (Wildman–Crippen LogP) is 3.13. The lowest BCUT2D eigenvalue weighted by Gasteiger charge is -2.30. The zero-order valence-corrected chi connectivity index (χ0v) is 14.8. The molecule has 1 aliphatic rings. The second-order valence-electron chi connectivity index (χ2n) is 5.38. The smallest absolute Gasteiger partial charge is 0.239 e. The fraction of sp³-hybridized carbons (Fsp3) is 0.533. The maximum Gasteiger partial charge on any atom is 0.239 e. The van der Waals surface area contributed by atoms with E-state index < -0.39 is 6.04 Å². The topological polar surface area (TPSA) is 55.6 Å². The van der Waals surface area contributed by atoms with Crippen LogP contribution in [0.15, 0.2) is 18.2 Å². The number of hydrogen-bond donors (Lipinski definition) is 1. The molecule has 2 rings (SSSR count). The summed E-state index contributed by atoms with van der Waals surface area (Å²) in [4.78, 5) is 14.0. The summed E-state index contributed by atoms with van der Waals surface area (Å²) in [5.74, 6) is 0.112. The van der Waals surface area contributed by atoms with Crippen LogP contribution in [0.4, 0.5) is 0 Å². The van der Waals surface area contributed by atoms with E-state index in [9.17, 15) is 4.79 Å². The molecule has 1 aromatic rings. The molecule has 1 amide bonds. The van der Waals surface area contributed by atoms with E-state index in [0.29, 0.717) is 29.8 Å². The number of likely N-dealkylation sites (N-methyl/N-ethyl adjacent to an activating group) is 1. The lowest BCUT2D eigenvalue weighted by molar-refractivity contribution is -0.133. The Labute approximate surface area is 147 Å². The van der Waals surface area contributed by atoms with Gasteiger partial charge in [0.15, 0.2) is 0 Å². The molecule has 124 valence electrons. The quantitative estimate of drug-likeness (QED) is 0.889. The molecule has 1 unspecified atom stereocenters. The second kappa shape index (κ2) is 8.94. The highest BCUT2D eigenvalue weighted by Gasteiger charge is 2.28. The van der Waals surface area contributed by atoms with Crippen LogP contribution in [0.2, 0.25) is 10.0 Å². The Bertz CT molecular complexity index is 508. The van der Waals surface area contributed by atoms with Crippen molar-refractivity contribution < 1.29 is 9.53 Å². The number of nitrogens with two attached hydrogens (primary N) is 1. The van der Waals surface area contributed by atoms with Gasteiger partial charge in [0.05, 0.1) is 16.1 Å². The van der Waals surface area contributed by atoms with Gasteiger partial charge in [0.25, 0.3) is 0 Å². The Morgan fingerprint density at radius 3 is 2.68 bits per heavy atom. The summed E-state index contributed by atoms with van der Waals surface area (Å²) in [5, 5.41) is 0.974. The fourth-order valence-electron chi connectivity index (χ4n) is 2.54. The molecule has 1 aromatic carbocycles. The number of rotatable bonds is 4. The van der Waals surface area contributed by atoms with Crippen LogP contribution in [0.5, 0.6) is 0 Å². The normalized spacial score (nSPS) is 16.7. The monoisotopic (exact) mass is 366 g/mol. The van der Waals surface area contributed by atoms with E-state index >= 15 is 0 Å². The van der Waals surface area contributed by atoms with Gasteiger partial charge in [-0.3, -0.25) is 4.79 Å². The van der Waals surface area contributed by atoms with Gasteiger partial charge in [-0.2, -0.15) is 0 Å². The summed E-state index contributed by atoms with van der Waals surface area (Å²) in [6.07, 6.45) is 1.66. The third kappa shape index (κ3) is 4.74. The SMILES string of the molecule is CN(Cc1cccc(Cl)c1Cl)C(=O)C(N)C1CCOCC1.Cl. The third-order valence-corrected chi connectivity index (χ3v) is 4.73. The van der Waals surface area contributed by atoms with Gasteiger partial charge >= 0.3 is 0 Å². The van der Waals surface area contributed by atoms with E-state index in [-0.39, 0.29) is 24.2 Å². The van der Waals surface area contributed by atoms with Crippen LogP contribution in [0.25, 0.3) is 0 Å². The number of carbonyl (C=O) groups excluding carboxylic acids is 1. The van der Waals surface area contributed by atoms with Crippen molar-refractivity contribution in [3.05, 3.63) is 33.8 Å². The summed E-state index contributed by atoms with van der Waals surface area (Å²) in [6.45, 7) is 1.75. The van der Waals surface area contributed by atoms with Crippen molar-refractivity contribution in [2.75, 3.05) is 20.3 Å². The number of ether oxygens (including phenoxy) is 1. The minimum absolute atomic E-state index is 0. The molecule has 1 aliphatic heterocycles. The molecule has 2 N–H and O–H groups in total. The maximum absolute atomic E-state index is 12.4. The van der Waals surface area contributed by atoms with Gasteiger partial charge in [-0.25, -0.2) is 0 Å². The molecule has 0 radical (unpaired) electrons. The first-order chi connectivity index (χ1) is 10.0. The first-order valence-electron chi connectivity index (χ1n) is 7.02. The minimum atomic E-state index is -0.489. The van der Waals surface area contributed by atoms with Gasteiger partial charge in [0.2, 0.25) is 5.91 Å². The Balaban J connectivity index is 0.00000242. The first kappa shape index (κ1) is 19.5. The number of carbonyl (C=O) groups is 1. The molecular weight excluding hydrogens is 347 g/mol. The molecular formula is C15H21Cl3N2O2.